The second-order valence-corrected chi connectivity index (χ2v) is 4.59. The van der Waals surface area contributed by atoms with Gasteiger partial charge in [-0.2, -0.15) is 0 Å². The summed E-state index contributed by atoms with van der Waals surface area (Å²) in [6.07, 6.45) is 1.50. The van der Waals surface area contributed by atoms with Gasteiger partial charge in [0.2, 0.25) is 0 Å². The third-order valence-electron chi connectivity index (χ3n) is 3.42. The molecule has 114 valence electrons. The van der Waals surface area contributed by atoms with Gasteiger partial charge in [0.1, 0.15) is 0 Å². The molecule has 0 saturated carbocycles. The Bertz CT molecular complexity index is 603. The maximum atomic E-state index is 13.8. The summed E-state index contributed by atoms with van der Waals surface area (Å²) in [6.45, 7) is 10.1. The number of hydrogen-bond donors (Lipinski definition) is 1. The van der Waals surface area contributed by atoms with E-state index in [0.717, 1.165) is 17.5 Å². The van der Waals surface area contributed by atoms with Crippen molar-refractivity contribution < 1.29 is 9.50 Å². The van der Waals surface area contributed by atoms with Crippen molar-refractivity contribution in [3.63, 3.8) is 0 Å². The first-order chi connectivity index (χ1) is 10.2. The van der Waals surface area contributed by atoms with Gasteiger partial charge in [0.05, 0.1) is 0 Å². The zero-order valence-electron chi connectivity index (χ0n) is 13.6. The summed E-state index contributed by atoms with van der Waals surface area (Å²) in [6, 6.07) is 9.48. The molecular weight excluding hydrogens is 263 g/mol. The fourth-order valence-electron chi connectivity index (χ4n) is 2.56. The lowest BCUT2D eigenvalue weighted by atomic mass is 9.84. The van der Waals surface area contributed by atoms with E-state index in [2.05, 4.69) is 13.0 Å². The van der Waals surface area contributed by atoms with Gasteiger partial charge in [-0.25, -0.2) is 4.39 Å². The highest BCUT2D eigenvalue weighted by Gasteiger charge is 2.20. The Labute approximate surface area is 127 Å². The molecule has 3 rings (SSSR count). The Morgan fingerprint density at radius 1 is 0.905 bits per heavy atom. The Balaban J connectivity index is 0.000000510. The van der Waals surface area contributed by atoms with Crippen LogP contribution in [0.5, 0.6) is 5.75 Å². The van der Waals surface area contributed by atoms with Crippen LogP contribution in [0.15, 0.2) is 30.3 Å². The third-order valence-corrected chi connectivity index (χ3v) is 3.42. The standard InChI is InChI=1S/C15H13FO.2C2H6/c1-9-2-4-11-10(8-9)3-5-13-12(11)6-7-14(17)15(13)16;2*1-2/h2,4,6-8,17H,3,5H2,1H3;2*1-2H3. The average molecular weight is 288 g/mol. The van der Waals surface area contributed by atoms with E-state index in [1.807, 2.05) is 39.8 Å². The van der Waals surface area contributed by atoms with Crippen LogP contribution in [0.4, 0.5) is 4.39 Å². The normalized spacial score (nSPS) is 11.1. The van der Waals surface area contributed by atoms with E-state index in [4.69, 9.17) is 0 Å². The highest BCUT2D eigenvalue weighted by Crippen LogP contribution is 2.37. The molecule has 0 fully saturated rings. The van der Waals surface area contributed by atoms with Crippen molar-refractivity contribution in [2.24, 2.45) is 0 Å². The molecule has 0 amide bonds. The average Bonchev–Trinajstić information content (AvgIpc) is 2.54. The van der Waals surface area contributed by atoms with Gasteiger partial charge in [-0.05, 0) is 48.1 Å². The van der Waals surface area contributed by atoms with Gasteiger partial charge >= 0.3 is 0 Å². The summed E-state index contributed by atoms with van der Waals surface area (Å²) in [5.41, 5.74) is 5.15. The number of hydrogen-bond acceptors (Lipinski definition) is 1. The lowest BCUT2D eigenvalue weighted by Crippen LogP contribution is -2.06. The molecule has 0 atom stereocenters. The van der Waals surface area contributed by atoms with E-state index in [1.165, 1.54) is 17.2 Å². The number of halogens is 1. The topological polar surface area (TPSA) is 20.2 Å². The van der Waals surface area contributed by atoms with E-state index < -0.39 is 5.82 Å². The van der Waals surface area contributed by atoms with Crippen LogP contribution >= 0.6 is 0 Å². The summed E-state index contributed by atoms with van der Waals surface area (Å²) in [5, 5.41) is 9.39. The number of rotatable bonds is 0. The van der Waals surface area contributed by atoms with Crippen molar-refractivity contribution in [1.82, 2.24) is 0 Å². The van der Waals surface area contributed by atoms with Gasteiger partial charge in [-0.1, -0.05) is 57.5 Å². The molecule has 0 spiro atoms. The monoisotopic (exact) mass is 288 g/mol. The molecule has 0 saturated heterocycles. The lowest BCUT2D eigenvalue weighted by Gasteiger charge is -2.21. The molecule has 0 radical (unpaired) electrons. The van der Waals surface area contributed by atoms with Gasteiger partial charge in [0.15, 0.2) is 11.6 Å². The first-order valence-corrected chi connectivity index (χ1v) is 7.77. The predicted octanol–water partition coefficient (Wildman–Crippen LogP) is 5.66. The molecule has 21 heavy (non-hydrogen) atoms. The van der Waals surface area contributed by atoms with Crippen molar-refractivity contribution in [3.8, 4) is 16.9 Å². The van der Waals surface area contributed by atoms with Crippen molar-refractivity contribution in [2.75, 3.05) is 0 Å². The summed E-state index contributed by atoms with van der Waals surface area (Å²) in [5.74, 6) is -0.715. The van der Waals surface area contributed by atoms with Crippen molar-refractivity contribution in [1.29, 1.82) is 0 Å². The maximum Gasteiger partial charge on any atom is 0.168 e. The van der Waals surface area contributed by atoms with Gasteiger partial charge < -0.3 is 5.11 Å². The zero-order valence-corrected chi connectivity index (χ0v) is 13.6. The fourth-order valence-corrected chi connectivity index (χ4v) is 2.56. The van der Waals surface area contributed by atoms with Crippen LogP contribution in [0.3, 0.4) is 0 Å². The molecule has 0 heterocycles. The SMILES string of the molecule is CC.CC.Cc1ccc2c(c1)CCc1c-2ccc(O)c1F. The Morgan fingerprint density at radius 2 is 1.52 bits per heavy atom. The lowest BCUT2D eigenvalue weighted by molar-refractivity contribution is 0.428. The molecule has 0 bridgehead atoms. The summed E-state index contributed by atoms with van der Waals surface area (Å²) < 4.78 is 13.8. The highest BCUT2D eigenvalue weighted by atomic mass is 19.1. The predicted molar refractivity (Wildman–Crippen MR) is 88.3 cm³/mol. The van der Waals surface area contributed by atoms with E-state index in [-0.39, 0.29) is 5.75 Å². The van der Waals surface area contributed by atoms with E-state index in [9.17, 15) is 9.50 Å². The van der Waals surface area contributed by atoms with Gasteiger partial charge in [-0.15, -0.1) is 0 Å². The zero-order chi connectivity index (χ0) is 16.0. The second-order valence-electron chi connectivity index (χ2n) is 4.59. The first-order valence-electron chi connectivity index (χ1n) is 7.77. The molecule has 1 nitrogen and oxygen atoms in total. The molecule has 2 heteroatoms. The molecule has 0 unspecified atom stereocenters. The van der Waals surface area contributed by atoms with Crippen LogP contribution in [0.25, 0.3) is 11.1 Å². The number of aryl methyl sites for hydroxylation is 2. The molecule has 0 aromatic heterocycles. The minimum absolute atomic E-state index is 0.251. The number of benzene rings is 2. The first kappa shape index (κ1) is 17.2. The number of fused-ring (bicyclic) bond motifs is 3. The molecule has 0 aliphatic heterocycles. The van der Waals surface area contributed by atoms with Crippen LogP contribution in [0, 0.1) is 12.7 Å². The quantitative estimate of drug-likeness (QED) is 0.663. The van der Waals surface area contributed by atoms with Crippen LogP contribution in [0.2, 0.25) is 0 Å². The van der Waals surface area contributed by atoms with Crippen LogP contribution in [0.1, 0.15) is 44.4 Å². The Hall–Kier alpha value is -1.83. The number of phenols is 1. The van der Waals surface area contributed by atoms with Crippen molar-refractivity contribution in [3.05, 3.63) is 52.8 Å². The Morgan fingerprint density at radius 3 is 2.19 bits per heavy atom. The van der Waals surface area contributed by atoms with Crippen molar-refractivity contribution >= 4 is 0 Å². The third kappa shape index (κ3) is 3.44. The van der Waals surface area contributed by atoms with Gasteiger partial charge in [-0.3, -0.25) is 0 Å². The second kappa shape index (κ2) is 7.82. The van der Waals surface area contributed by atoms with E-state index in [1.54, 1.807) is 6.07 Å². The van der Waals surface area contributed by atoms with Gasteiger partial charge in [0, 0.05) is 0 Å². The Kier molecular flexibility index (Phi) is 6.41. The minimum Gasteiger partial charge on any atom is -0.505 e. The molecule has 1 aliphatic carbocycles. The van der Waals surface area contributed by atoms with E-state index >= 15 is 0 Å². The van der Waals surface area contributed by atoms with Gasteiger partial charge in [0.25, 0.3) is 0 Å². The highest BCUT2D eigenvalue weighted by molar-refractivity contribution is 5.74. The van der Waals surface area contributed by atoms with Crippen molar-refractivity contribution in [2.45, 2.75) is 47.5 Å². The fraction of sp³-hybridized carbons (Fsp3) is 0.368. The smallest absolute Gasteiger partial charge is 0.168 e. The molecular formula is C19H25FO. The molecule has 2 aromatic rings. The van der Waals surface area contributed by atoms with E-state index in [0.29, 0.717) is 12.0 Å². The number of aromatic hydroxyl groups is 1. The summed E-state index contributed by atoms with van der Waals surface area (Å²) >= 11 is 0. The number of phenolic OH excluding ortho intramolecular Hbond substituents is 1. The largest absolute Gasteiger partial charge is 0.505 e. The summed E-state index contributed by atoms with van der Waals surface area (Å²) in [4.78, 5) is 0. The molecule has 1 N–H and O–H groups in total. The van der Waals surface area contributed by atoms with Crippen LogP contribution in [-0.4, -0.2) is 5.11 Å². The summed E-state index contributed by atoms with van der Waals surface area (Å²) in [7, 11) is 0. The van der Waals surface area contributed by atoms with Crippen LogP contribution < -0.4 is 0 Å². The maximum absolute atomic E-state index is 13.8. The molecule has 2 aromatic carbocycles. The van der Waals surface area contributed by atoms with Crippen LogP contribution in [-0.2, 0) is 12.8 Å². The molecule has 1 aliphatic rings. The minimum atomic E-state index is -0.464.